The average molecular weight is 253 g/mol. The Labute approximate surface area is 109 Å². The number of halogens is 1. The number of hydrogen-bond acceptors (Lipinski definition) is 2. The first-order valence-corrected chi connectivity index (χ1v) is 6.46. The molecule has 102 valence electrons. The Morgan fingerprint density at radius 2 is 2.06 bits per heavy atom. The number of benzene rings is 1. The summed E-state index contributed by atoms with van der Waals surface area (Å²) in [6, 6.07) is 5.46. The van der Waals surface area contributed by atoms with E-state index in [0.717, 1.165) is 18.5 Å². The molecule has 1 unspecified atom stereocenters. The van der Waals surface area contributed by atoms with Gasteiger partial charge in [0.1, 0.15) is 5.82 Å². The van der Waals surface area contributed by atoms with Crippen molar-refractivity contribution in [3.63, 3.8) is 0 Å². The molecule has 1 rings (SSSR count). The molecule has 0 saturated heterocycles. The SMILES string of the molecule is Cc1ccc(C(C)NCC(C)(C)CCO)cc1F. The maximum absolute atomic E-state index is 13.5. The van der Waals surface area contributed by atoms with Crippen LogP contribution in [0.5, 0.6) is 0 Å². The third-order valence-electron chi connectivity index (χ3n) is 3.37. The van der Waals surface area contributed by atoms with E-state index in [1.54, 1.807) is 13.0 Å². The molecule has 0 heterocycles. The summed E-state index contributed by atoms with van der Waals surface area (Å²) < 4.78 is 13.5. The monoisotopic (exact) mass is 253 g/mol. The molecule has 0 fully saturated rings. The smallest absolute Gasteiger partial charge is 0.126 e. The zero-order valence-corrected chi connectivity index (χ0v) is 11.8. The summed E-state index contributed by atoms with van der Waals surface area (Å²) in [5.41, 5.74) is 1.68. The normalized spacial score (nSPS) is 13.7. The first kappa shape index (κ1) is 15.1. The Morgan fingerprint density at radius 3 is 2.61 bits per heavy atom. The minimum absolute atomic E-state index is 0.0479. The van der Waals surface area contributed by atoms with Gasteiger partial charge in [-0.1, -0.05) is 26.0 Å². The number of aliphatic hydroxyl groups is 1. The van der Waals surface area contributed by atoms with E-state index in [0.29, 0.717) is 5.56 Å². The molecule has 1 aromatic carbocycles. The van der Waals surface area contributed by atoms with Crippen LogP contribution >= 0.6 is 0 Å². The first-order chi connectivity index (χ1) is 8.35. The Balaban J connectivity index is 2.60. The lowest BCUT2D eigenvalue weighted by molar-refractivity contribution is 0.203. The van der Waals surface area contributed by atoms with Crippen molar-refractivity contribution in [2.45, 2.75) is 40.2 Å². The highest BCUT2D eigenvalue weighted by molar-refractivity contribution is 5.25. The van der Waals surface area contributed by atoms with E-state index in [2.05, 4.69) is 19.2 Å². The van der Waals surface area contributed by atoms with Crippen molar-refractivity contribution in [3.8, 4) is 0 Å². The molecule has 2 N–H and O–H groups in total. The van der Waals surface area contributed by atoms with Gasteiger partial charge >= 0.3 is 0 Å². The molecule has 0 aliphatic rings. The van der Waals surface area contributed by atoms with Crippen molar-refractivity contribution >= 4 is 0 Å². The highest BCUT2D eigenvalue weighted by atomic mass is 19.1. The van der Waals surface area contributed by atoms with E-state index in [1.807, 2.05) is 19.1 Å². The fraction of sp³-hybridized carbons (Fsp3) is 0.600. The van der Waals surface area contributed by atoms with Gasteiger partial charge in [-0.15, -0.1) is 0 Å². The third-order valence-corrected chi connectivity index (χ3v) is 3.37. The molecule has 0 amide bonds. The molecule has 2 nitrogen and oxygen atoms in total. The molecule has 18 heavy (non-hydrogen) atoms. The maximum atomic E-state index is 13.5. The topological polar surface area (TPSA) is 32.3 Å². The molecular weight excluding hydrogens is 229 g/mol. The second-order valence-electron chi connectivity index (χ2n) is 5.75. The summed E-state index contributed by atoms with van der Waals surface area (Å²) in [6.07, 6.45) is 0.759. The summed E-state index contributed by atoms with van der Waals surface area (Å²) >= 11 is 0. The van der Waals surface area contributed by atoms with Gasteiger partial charge in [0.25, 0.3) is 0 Å². The van der Waals surface area contributed by atoms with Gasteiger partial charge < -0.3 is 10.4 Å². The summed E-state index contributed by atoms with van der Waals surface area (Å²) in [4.78, 5) is 0. The van der Waals surface area contributed by atoms with Gasteiger partial charge in [-0.3, -0.25) is 0 Å². The summed E-state index contributed by atoms with van der Waals surface area (Å²) in [5, 5.41) is 12.4. The molecule has 0 radical (unpaired) electrons. The maximum Gasteiger partial charge on any atom is 0.126 e. The van der Waals surface area contributed by atoms with Gasteiger partial charge in [-0.25, -0.2) is 4.39 Å². The Hall–Kier alpha value is -0.930. The molecule has 0 aliphatic heterocycles. The van der Waals surface area contributed by atoms with Crippen molar-refractivity contribution < 1.29 is 9.50 Å². The molecule has 0 aliphatic carbocycles. The summed E-state index contributed by atoms with van der Waals surface area (Å²) in [5.74, 6) is -0.157. The first-order valence-electron chi connectivity index (χ1n) is 6.46. The Bertz CT molecular complexity index is 390. The second-order valence-corrected chi connectivity index (χ2v) is 5.75. The minimum Gasteiger partial charge on any atom is -0.396 e. The van der Waals surface area contributed by atoms with Crippen LogP contribution in [0.25, 0.3) is 0 Å². The van der Waals surface area contributed by atoms with Gasteiger partial charge in [0.05, 0.1) is 0 Å². The fourth-order valence-corrected chi connectivity index (χ4v) is 1.82. The quantitative estimate of drug-likeness (QED) is 0.816. The Morgan fingerprint density at radius 1 is 1.39 bits per heavy atom. The van der Waals surface area contributed by atoms with Crippen LogP contribution in [0.1, 0.15) is 44.4 Å². The molecule has 0 spiro atoms. The van der Waals surface area contributed by atoms with Crippen molar-refractivity contribution in [3.05, 3.63) is 35.1 Å². The highest BCUT2D eigenvalue weighted by Crippen LogP contribution is 2.21. The molecule has 1 aromatic rings. The summed E-state index contributed by atoms with van der Waals surface area (Å²) in [7, 11) is 0. The van der Waals surface area contributed by atoms with Crippen LogP contribution in [0, 0.1) is 18.2 Å². The largest absolute Gasteiger partial charge is 0.396 e. The molecule has 0 bridgehead atoms. The minimum atomic E-state index is -0.157. The van der Waals surface area contributed by atoms with E-state index < -0.39 is 0 Å². The predicted molar refractivity (Wildman–Crippen MR) is 73.0 cm³/mol. The average Bonchev–Trinajstić information content (AvgIpc) is 2.30. The zero-order valence-electron chi connectivity index (χ0n) is 11.8. The number of rotatable bonds is 6. The molecule has 3 heteroatoms. The number of aliphatic hydroxyl groups excluding tert-OH is 1. The van der Waals surface area contributed by atoms with Crippen molar-refractivity contribution in [1.82, 2.24) is 5.32 Å². The van der Waals surface area contributed by atoms with Gasteiger partial charge in [-0.05, 0) is 42.9 Å². The van der Waals surface area contributed by atoms with Crippen LogP contribution in [0.3, 0.4) is 0 Å². The van der Waals surface area contributed by atoms with Crippen LogP contribution < -0.4 is 5.32 Å². The third kappa shape index (κ3) is 4.39. The fourth-order valence-electron chi connectivity index (χ4n) is 1.82. The van der Waals surface area contributed by atoms with Gasteiger partial charge in [0.15, 0.2) is 0 Å². The lowest BCUT2D eigenvalue weighted by atomic mass is 9.89. The van der Waals surface area contributed by atoms with Crippen LogP contribution in [0.2, 0.25) is 0 Å². The van der Waals surface area contributed by atoms with Crippen LogP contribution in [-0.2, 0) is 0 Å². The standard InChI is InChI=1S/C15H24FNO/c1-11-5-6-13(9-14(11)16)12(2)17-10-15(3,4)7-8-18/h5-6,9,12,17-18H,7-8,10H2,1-4H3. The van der Waals surface area contributed by atoms with Crippen LogP contribution in [0.15, 0.2) is 18.2 Å². The molecule has 0 saturated carbocycles. The van der Waals surface area contributed by atoms with E-state index in [-0.39, 0.29) is 23.9 Å². The highest BCUT2D eigenvalue weighted by Gasteiger charge is 2.18. The zero-order chi connectivity index (χ0) is 13.8. The second kappa shape index (κ2) is 6.30. The predicted octanol–water partition coefficient (Wildman–Crippen LogP) is 3.19. The lowest BCUT2D eigenvalue weighted by Gasteiger charge is -2.26. The number of nitrogens with one attached hydrogen (secondary N) is 1. The van der Waals surface area contributed by atoms with Crippen LogP contribution in [0.4, 0.5) is 4.39 Å². The van der Waals surface area contributed by atoms with Gasteiger partial charge in [0.2, 0.25) is 0 Å². The van der Waals surface area contributed by atoms with Crippen molar-refractivity contribution in [2.75, 3.05) is 13.2 Å². The van der Waals surface area contributed by atoms with Gasteiger partial charge in [0, 0.05) is 19.2 Å². The molecule has 1 atom stereocenters. The van der Waals surface area contributed by atoms with Crippen molar-refractivity contribution in [1.29, 1.82) is 0 Å². The van der Waals surface area contributed by atoms with E-state index in [1.165, 1.54) is 0 Å². The van der Waals surface area contributed by atoms with Crippen molar-refractivity contribution in [2.24, 2.45) is 5.41 Å². The van der Waals surface area contributed by atoms with E-state index in [9.17, 15) is 4.39 Å². The Kier molecular flexibility index (Phi) is 5.29. The lowest BCUT2D eigenvalue weighted by Crippen LogP contribution is -2.32. The van der Waals surface area contributed by atoms with E-state index in [4.69, 9.17) is 5.11 Å². The number of aryl methyl sites for hydroxylation is 1. The summed E-state index contributed by atoms with van der Waals surface area (Å²) in [6.45, 7) is 9.00. The molecule has 0 aromatic heterocycles. The van der Waals surface area contributed by atoms with Gasteiger partial charge in [-0.2, -0.15) is 0 Å². The van der Waals surface area contributed by atoms with E-state index >= 15 is 0 Å². The molecular formula is C15H24FNO. The number of hydrogen-bond donors (Lipinski definition) is 2. The van der Waals surface area contributed by atoms with Crippen LogP contribution in [-0.4, -0.2) is 18.3 Å².